The SMILES string of the molecule is O=S(=O)(Cl)CC(CF)C(F)F. The van der Waals surface area contributed by atoms with Crippen molar-refractivity contribution in [2.45, 2.75) is 6.43 Å². The fourth-order valence-corrected chi connectivity index (χ4v) is 1.67. The van der Waals surface area contributed by atoms with E-state index in [0.29, 0.717) is 0 Å². The van der Waals surface area contributed by atoms with E-state index >= 15 is 0 Å². The molecule has 0 heterocycles. The van der Waals surface area contributed by atoms with Crippen molar-refractivity contribution in [3.05, 3.63) is 0 Å². The maximum Gasteiger partial charge on any atom is 0.244 e. The fraction of sp³-hybridized carbons (Fsp3) is 1.00. The number of alkyl halides is 3. The number of hydrogen-bond acceptors (Lipinski definition) is 2. The van der Waals surface area contributed by atoms with Crippen molar-refractivity contribution in [2.75, 3.05) is 12.4 Å². The summed E-state index contributed by atoms with van der Waals surface area (Å²) in [5.41, 5.74) is 0. The summed E-state index contributed by atoms with van der Waals surface area (Å²) >= 11 is 0. The number of rotatable bonds is 4. The molecule has 0 fully saturated rings. The minimum Gasteiger partial charge on any atom is -0.251 e. The van der Waals surface area contributed by atoms with Gasteiger partial charge in [0, 0.05) is 10.7 Å². The molecule has 0 saturated heterocycles. The monoisotopic (exact) mass is 210 g/mol. The van der Waals surface area contributed by atoms with Gasteiger partial charge in [-0.05, 0) is 0 Å². The van der Waals surface area contributed by atoms with Crippen LogP contribution in [0.15, 0.2) is 0 Å². The summed E-state index contributed by atoms with van der Waals surface area (Å²) in [6.07, 6.45) is -2.99. The number of halogens is 4. The highest BCUT2D eigenvalue weighted by Gasteiger charge is 2.25. The number of hydrogen-bond donors (Lipinski definition) is 0. The zero-order chi connectivity index (χ0) is 9.07. The van der Waals surface area contributed by atoms with Crippen LogP contribution >= 0.6 is 10.7 Å². The predicted molar refractivity (Wildman–Crippen MR) is 35.1 cm³/mol. The maximum absolute atomic E-state index is 11.7. The average molecular weight is 211 g/mol. The summed E-state index contributed by atoms with van der Waals surface area (Å²) in [5, 5.41) is 0. The Balaban J connectivity index is 4.10. The minimum atomic E-state index is -4.03. The van der Waals surface area contributed by atoms with E-state index in [4.69, 9.17) is 0 Å². The molecule has 7 heteroatoms. The van der Waals surface area contributed by atoms with Crippen molar-refractivity contribution in [2.24, 2.45) is 5.92 Å². The van der Waals surface area contributed by atoms with E-state index in [-0.39, 0.29) is 0 Å². The maximum atomic E-state index is 11.7. The molecule has 11 heavy (non-hydrogen) atoms. The van der Waals surface area contributed by atoms with Crippen LogP contribution < -0.4 is 0 Å². The van der Waals surface area contributed by atoms with Crippen molar-refractivity contribution in [1.29, 1.82) is 0 Å². The van der Waals surface area contributed by atoms with Crippen molar-refractivity contribution >= 4 is 19.7 Å². The van der Waals surface area contributed by atoms with Gasteiger partial charge < -0.3 is 0 Å². The third-order valence-corrected chi connectivity index (χ3v) is 2.17. The first-order valence-electron chi connectivity index (χ1n) is 2.63. The minimum absolute atomic E-state index is 1.03. The van der Waals surface area contributed by atoms with Gasteiger partial charge in [-0.15, -0.1) is 0 Å². The van der Waals surface area contributed by atoms with Crippen molar-refractivity contribution in [3.8, 4) is 0 Å². The van der Waals surface area contributed by atoms with Gasteiger partial charge >= 0.3 is 0 Å². The van der Waals surface area contributed by atoms with Gasteiger partial charge in [0.25, 0.3) is 0 Å². The van der Waals surface area contributed by atoms with Gasteiger partial charge in [0.15, 0.2) is 0 Å². The van der Waals surface area contributed by atoms with E-state index < -0.39 is 33.8 Å². The highest BCUT2D eigenvalue weighted by Crippen LogP contribution is 2.14. The Morgan fingerprint density at radius 3 is 1.91 bits per heavy atom. The van der Waals surface area contributed by atoms with E-state index in [9.17, 15) is 21.6 Å². The summed E-state index contributed by atoms with van der Waals surface area (Å²) in [7, 11) is 0.595. The van der Waals surface area contributed by atoms with Crippen molar-refractivity contribution < 1.29 is 21.6 Å². The lowest BCUT2D eigenvalue weighted by atomic mass is 10.2. The molecular weight excluding hydrogens is 205 g/mol. The first-order chi connectivity index (χ1) is 4.87. The molecule has 0 amide bonds. The molecule has 0 bridgehead atoms. The Morgan fingerprint density at radius 1 is 1.36 bits per heavy atom. The lowest BCUT2D eigenvalue weighted by Crippen LogP contribution is -2.21. The fourth-order valence-electron chi connectivity index (χ4n) is 0.440. The summed E-state index contributed by atoms with van der Waals surface area (Å²) in [4.78, 5) is 0. The molecule has 0 radical (unpaired) electrons. The van der Waals surface area contributed by atoms with E-state index in [1.165, 1.54) is 0 Å². The smallest absolute Gasteiger partial charge is 0.244 e. The van der Waals surface area contributed by atoms with Crippen LogP contribution in [0.25, 0.3) is 0 Å². The van der Waals surface area contributed by atoms with Crippen LogP contribution in [0.1, 0.15) is 0 Å². The van der Waals surface area contributed by atoms with Crippen LogP contribution in [0.4, 0.5) is 13.2 Å². The molecule has 0 rings (SSSR count). The second-order valence-corrected chi connectivity index (χ2v) is 4.78. The van der Waals surface area contributed by atoms with Crippen LogP contribution in [0, 0.1) is 5.92 Å². The van der Waals surface area contributed by atoms with Gasteiger partial charge in [0.1, 0.15) is 0 Å². The standard InChI is InChI=1S/C4H6ClF3O2S/c5-11(9,10)2-3(1-6)4(7)8/h3-4H,1-2H2. The zero-order valence-electron chi connectivity index (χ0n) is 5.31. The van der Waals surface area contributed by atoms with Crippen LogP contribution in [-0.4, -0.2) is 27.3 Å². The van der Waals surface area contributed by atoms with Gasteiger partial charge in [-0.25, -0.2) is 17.2 Å². The molecule has 1 atom stereocenters. The molecule has 0 N–H and O–H groups in total. The van der Waals surface area contributed by atoms with E-state index in [1.807, 2.05) is 0 Å². The Morgan fingerprint density at radius 2 is 1.82 bits per heavy atom. The first kappa shape index (κ1) is 11.0. The first-order valence-corrected chi connectivity index (χ1v) is 5.11. The van der Waals surface area contributed by atoms with E-state index in [2.05, 4.69) is 10.7 Å². The molecule has 0 spiro atoms. The molecule has 0 aromatic carbocycles. The topological polar surface area (TPSA) is 34.1 Å². The van der Waals surface area contributed by atoms with Crippen LogP contribution in [0.5, 0.6) is 0 Å². The Kier molecular flexibility index (Phi) is 4.17. The molecule has 2 nitrogen and oxygen atoms in total. The molecule has 0 aromatic rings. The van der Waals surface area contributed by atoms with Gasteiger partial charge in [-0.3, -0.25) is 4.39 Å². The highest BCUT2D eigenvalue weighted by molar-refractivity contribution is 8.13. The second-order valence-electron chi connectivity index (χ2n) is 1.95. The summed E-state index contributed by atoms with van der Waals surface area (Å²) < 4.78 is 55.3. The lowest BCUT2D eigenvalue weighted by Gasteiger charge is -2.08. The van der Waals surface area contributed by atoms with E-state index in [0.717, 1.165) is 0 Å². The Labute approximate surface area is 66.8 Å². The molecule has 68 valence electrons. The summed E-state index contributed by atoms with van der Waals surface area (Å²) in [6.45, 7) is -1.39. The third-order valence-electron chi connectivity index (χ3n) is 0.968. The van der Waals surface area contributed by atoms with Gasteiger partial charge in [-0.2, -0.15) is 0 Å². The second kappa shape index (κ2) is 4.15. The van der Waals surface area contributed by atoms with Crippen LogP contribution in [-0.2, 0) is 9.05 Å². The van der Waals surface area contributed by atoms with Crippen molar-refractivity contribution in [1.82, 2.24) is 0 Å². The summed E-state index contributed by atoms with van der Waals surface area (Å²) in [6, 6.07) is 0. The Hall–Kier alpha value is 0.0300. The van der Waals surface area contributed by atoms with Crippen LogP contribution in [0.3, 0.4) is 0 Å². The summed E-state index contributed by atoms with van der Waals surface area (Å²) in [5.74, 6) is -2.83. The molecule has 0 aromatic heterocycles. The predicted octanol–water partition coefficient (Wildman–Crippen LogP) is 1.41. The molecule has 0 aliphatic heterocycles. The molecular formula is C4H6ClF3O2S. The normalized spacial score (nSPS) is 15.4. The zero-order valence-corrected chi connectivity index (χ0v) is 6.88. The largest absolute Gasteiger partial charge is 0.251 e. The van der Waals surface area contributed by atoms with E-state index in [1.54, 1.807) is 0 Å². The molecule has 0 aliphatic rings. The quantitative estimate of drug-likeness (QED) is 0.658. The molecule has 0 aliphatic carbocycles. The average Bonchev–Trinajstić information content (AvgIpc) is 1.80. The van der Waals surface area contributed by atoms with Gasteiger partial charge in [0.05, 0.1) is 18.3 Å². The van der Waals surface area contributed by atoms with Gasteiger partial charge in [-0.1, -0.05) is 0 Å². The Bertz CT molecular complexity index is 203. The third kappa shape index (κ3) is 5.32. The van der Waals surface area contributed by atoms with Gasteiger partial charge in [0.2, 0.25) is 15.5 Å². The van der Waals surface area contributed by atoms with Crippen LogP contribution in [0.2, 0.25) is 0 Å². The van der Waals surface area contributed by atoms with Crippen molar-refractivity contribution in [3.63, 3.8) is 0 Å². The highest BCUT2D eigenvalue weighted by atomic mass is 35.7. The lowest BCUT2D eigenvalue weighted by molar-refractivity contribution is 0.0741. The molecule has 0 saturated carbocycles. The molecule has 1 unspecified atom stereocenters.